The molecular weight excluding hydrogens is 425 g/mol. The van der Waals surface area contributed by atoms with E-state index in [9.17, 15) is 14.4 Å². The number of nitrogens with zero attached hydrogens (tertiary/aromatic N) is 5. The Kier molecular flexibility index (Phi) is 10.4. The highest BCUT2D eigenvalue weighted by atomic mass is 19.1. The Morgan fingerprint density at radius 2 is 2.21 bits per heavy atom. The average Bonchev–Trinajstić information content (AvgIpc) is 2.83. The largest absolute Gasteiger partial charge is 0.350 e. The van der Waals surface area contributed by atoms with Crippen LogP contribution in [-0.4, -0.2) is 50.3 Å². The number of fused-ring (bicyclic) bond motifs is 1. The van der Waals surface area contributed by atoms with Gasteiger partial charge in [-0.05, 0) is 42.5 Å². The van der Waals surface area contributed by atoms with Gasteiger partial charge in [0.2, 0.25) is 12.7 Å². The predicted octanol–water partition coefficient (Wildman–Crippen LogP) is 3.97. The van der Waals surface area contributed by atoms with E-state index in [4.69, 9.17) is 14.5 Å². The van der Waals surface area contributed by atoms with E-state index >= 15 is 0 Å². The van der Waals surface area contributed by atoms with E-state index in [1.807, 2.05) is 30.0 Å². The zero-order valence-corrected chi connectivity index (χ0v) is 19.5. The molecule has 0 saturated heterocycles. The number of halogens is 1. The number of carbonyl (C=O) groups excluding carboxylic acids is 1. The van der Waals surface area contributed by atoms with Crippen LogP contribution in [0.1, 0.15) is 42.9 Å². The molecule has 1 aliphatic heterocycles. The molecule has 0 spiro atoms. The Bertz CT molecular complexity index is 977. The smallest absolute Gasteiger partial charge is 0.209 e. The van der Waals surface area contributed by atoms with E-state index in [1.54, 1.807) is 13.2 Å². The lowest BCUT2D eigenvalue weighted by Gasteiger charge is -2.30. The summed E-state index contributed by atoms with van der Waals surface area (Å²) in [5.74, 6) is -0.0238. The topological polar surface area (TPSA) is 91.1 Å². The molecule has 33 heavy (non-hydrogen) atoms. The Morgan fingerprint density at radius 3 is 2.85 bits per heavy atom. The summed E-state index contributed by atoms with van der Waals surface area (Å²) in [5.41, 5.74) is 2.18. The number of methoxy groups -OCH3 is 2. The van der Waals surface area contributed by atoms with Gasteiger partial charge < -0.3 is 19.3 Å². The van der Waals surface area contributed by atoms with Gasteiger partial charge in [0, 0.05) is 53.0 Å². The molecule has 0 unspecified atom stereocenters. The lowest BCUT2D eigenvalue weighted by atomic mass is 10.0. The van der Waals surface area contributed by atoms with E-state index in [1.165, 1.54) is 37.6 Å². The third-order valence-corrected chi connectivity index (χ3v) is 4.97. The second-order valence-corrected chi connectivity index (χ2v) is 7.40. The van der Waals surface area contributed by atoms with Crippen LogP contribution in [0.3, 0.4) is 0 Å². The first-order valence-corrected chi connectivity index (χ1v) is 10.7. The summed E-state index contributed by atoms with van der Waals surface area (Å²) in [6, 6.07) is 3.81. The SMILES string of the molecule is CC\C=C/N=C\C(C#N)=C(F)/C=C/N1CCCc2cc(CN(C)C=O)c(C(OC)OC)nc21. The minimum atomic E-state index is -0.715. The van der Waals surface area contributed by atoms with Gasteiger partial charge in [0.05, 0.1) is 0 Å². The van der Waals surface area contributed by atoms with Gasteiger partial charge >= 0.3 is 0 Å². The summed E-state index contributed by atoms with van der Waals surface area (Å²) in [6.45, 7) is 2.95. The zero-order valence-electron chi connectivity index (χ0n) is 19.5. The number of rotatable bonds is 11. The standard InChI is InChI=1S/C24H30FN5O3/c1-5-6-10-27-15-20(14-26)21(25)9-12-30-11-7-8-18-13-19(16-29(2)17-31)22(28-23(18)30)24(32-3)33-4/h6,9-10,12-13,15,17,24H,5,7-8,11,16H2,1-4H3/b10-6-,12-9+,21-20+,27-15-. The molecule has 9 heteroatoms. The van der Waals surface area contributed by atoms with Gasteiger partial charge in [0.25, 0.3) is 0 Å². The Labute approximate surface area is 194 Å². The van der Waals surface area contributed by atoms with Crippen LogP contribution in [0.4, 0.5) is 10.2 Å². The molecule has 0 radical (unpaired) electrons. The van der Waals surface area contributed by atoms with Crippen LogP contribution in [-0.2, 0) is 27.2 Å². The van der Waals surface area contributed by atoms with Crippen LogP contribution in [0.5, 0.6) is 0 Å². The first-order chi connectivity index (χ1) is 16.0. The number of aromatic nitrogens is 1. The van der Waals surface area contributed by atoms with Gasteiger partial charge in [0.1, 0.15) is 29.0 Å². The molecule has 0 aromatic carbocycles. The highest BCUT2D eigenvalue weighted by Gasteiger charge is 2.24. The summed E-state index contributed by atoms with van der Waals surface area (Å²) < 4.78 is 25.4. The van der Waals surface area contributed by atoms with Gasteiger partial charge in [-0.2, -0.15) is 5.26 Å². The third-order valence-electron chi connectivity index (χ3n) is 4.97. The normalized spacial score (nSPS) is 14.8. The number of anilines is 1. The van der Waals surface area contributed by atoms with E-state index in [-0.39, 0.29) is 5.57 Å². The second-order valence-electron chi connectivity index (χ2n) is 7.40. The van der Waals surface area contributed by atoms with Crippen molar-refractivity contribution in [1.29, 1.82) is 5.26 Å². The molecule has 0 fully saturated rings. The maximum Gasteiger partial charge on any atom is 0.209 e. The maximum atomic E-state index is 14.6. The van der Waals surface area contributed by atoms with Crippen molar-refractivity contribution in [3.05, 3.63) is 58.8 Å². The maximum absolute atomic E-state index is 14.6. The van der Waals surface area contributed by atoms with Crippen molar-refractivity contribution in [2.75, 3.05) is 32.7 Å². The zero-order chi connectivity index (χ0) is 24.2. The van der Waals surface area contributed by atoms with Crippen molar-refractivity contribution in [3.63, 3.8) is 0 Å². The van der Waals surface area contributed by atoms with E-state index in [2.05, 4.69) is 4.99 Å². The number of aryl methyl sites for hydroxylation is 1. The molecule has 2 rings (SSSR count). The Balaban J connectivity index is 2.42. The van der Waals surface area contributed by atoms with E-state index in [0.717, 1.165) is 36.8 Å². The van der Waals surface area contributed by atoms with Crippen molar-refractivity contribution >= 4 is 18.4 Å². The Hall–Kier alpha value is -3.35. The van der Waals surface area contributed by atoms with Crippen LogP contribution < -0.4 is 4.90 Å². The average molecular weight is 456 g/mol. The summed E-state index contributed by atoms with van der Waals surface area (Å²) in [4.78, 5) is 23.2. The van der Waals surface area contributed by atoms with Crippen LogP contribution >= 0.6 is 0 Å². The highest BCUT2D eigenvalue weighted by molar-refractivity contribution is 5.85. The van der Waals surface area contributed by atoms with Crippen LogP contribution in [0.15, 0.2) is 47.0 Å². The fourth-order valence-corrected chi connectivity index (χ4v) is 3.36. The molecular formula is C24H30FN5O3. The monoisotopic (exact) mass is 455 g/mol. The minimum Gasteiger partial charge on any atom is -0.350 e. The van der Waals surface area contributed by atoms with E-state index < -0.39 is 12.1 Å². The molecule has 1 aromatic rings. The number of aliphatic imine (C=N–C) groups is 1. The van der Waals surface area contributed by atoms with Gasteiger partial charge in [-0.15, -0.1) is 0 Å². The number of hydrogen-bond donors (Lipinski definition) is 0. The highest BCUT2D eigenvalue weighted by Crippen LogP contribution is 2.31. The van der Waals surface area contributed by atoms with Crippen molar-refractivity contribution < 1.29 is 18.7 Å². The first kappa shape index (κ1) is 25.9. The summed E-state index contributed by atoms with van der Waals surface area (Å²) in [7, 11) is 4.71. The van der Waals surface area contributed by atoms with Crippen molar-refractivity contribution in [2.24, 2.45) is 4.99 Å². The summed E-state index contributed by atoms with van der Waals surface area (Å²) >= 11 is 0. The summed E-state index contributed by atoms with van der Waals surface area (Å²) in [5, 5.41) is 9.24. The first-order valence-electron chi connectivity index (χ1n) is 10.7. The van der Waals surface area contributed by atoms with Gasteiger partial charge in [-0.25, -0.2) is 9.37 Å². The molecule has 1 amide bonds. The molecule has 0 N–H and O–H groups in total. The van der Waals surface area contributed by atoms with Gasteiger partial charge in [0.15, 0.2) is 0 Å². The lowest BCUT2D eigenvalue weighted by Crippen LogP contribution is -2.27. The summed E-state index contributed by atoms with van der Waals surface area (Å²) in [6.07, 6.45) is 9.82. The molecule has 2 heterocycles. The molecule has 0 bridgehead atoms. The quantitative estimate of drug-likeness (QED) is 0.165. The Morgan fingerprint density at radius 1 is 1.45 bits per heavy atom. The molecule has 1 aromatic heterocycles. The van der Waals surface area contributed by atoms with Gasteiger partial charge in [-0.1, -0.05) is 13.0 Å². The van der Waals surface area contributed by atoms with Crippen molar-refractivity contribution in [3.8, 4) is 6.07 Å². The number of pyridine rings is 1. The number of nitriles is 1. The lowest BCUT2D eigenvalue weighted by molar-refractivity contribution is -0.118. The second kappa shape index (κ2) is 13.3. The minimum absolute atomic E-state index is 0.163. The fourth-order valence-electron chi connectivity index (χ4n) is 3.36. The molecule has 1 aliphatic rings. The number of hydrogen-bond acceptors (Lipinski definition) is 7. The molecule has 0 atom stereocenters. The third kappa shape index (κ3) is 7.07. The van der Waals surface area contributed by atoms with Crippen molar-refractivity contribution in [2.45, 2.75) is 39.0 Å². The number of amides is 1. The predicted molar refractivity (Wildman–Crippen MR) is 125 cm³/mol. The van der Waals surface area contributed by atoms with Crippen LogP contribution in [0, 0.1) is 11.3 Å². The number of ether oxygens (including phenoxy) is 2. The fraction of sp³-hybridized carbons (Fsp3) is 0.417. The van der Waals surface area contributed by atoms with Crippen LogP contribution in [0.25, 0.3) is 0 Å². The van der Waals surface area contributed by atoms with Crippen molar-refractivity contribution in [1.82, 2.24) is 9.88 Å². The van der Waals surface area contributed by atoms with E-state index in [0.29, 0.717) is 24.6 Å². The molecule has 0 aliphatic carbocycles. The van der Waals surface area contributed by atoms with Gasteiger partial charge in [-0.3, -0.25) is 9.79 Å². The number of carbonyl (C=O) groups is 1. The molecule has 0 saturated carbocycles. The molecule has 8 nitrogen and oxygen atoms in total. The molecule has 176 valence electrons. The number of allylic oxidation sites excluding steroid dienone is 4. The van der Waals surface area contributed by atoms with Crippen LogP contribution in [0.2, 0.25) is 0 Å².